The van der Waals surface area contributed by atoms with Crippen LogP contribution in [0, 0.1) is 6.92 Å². The van der Waals surface area contributed by atoms with Crippen molar-refractivity contribution >= 4 is 17.6 Å². The van der Waals surface area contributed by atoms with E-state index in [1.54, 1.807) is 19.2 Å². The molecule has 0 aliphatic carbocycles. The summed E-state index contributed by atoms with van der Waals surface area (Å²) < 4.78 is 5.22. The first kappa shape index (κ1) is 13.8. The Morgan fingerprint density at radius 1 is 1.59 bits per heavy atom. The second kappa shape index (κ2) is 5.89. The largest absolute Gasteiger partial charge is 0.496 e. The summed E-state index contributed by atoms with van der Waals surface area (Å²) in [6.07, 6.45) is 0.378. The van der Waals surface area contributed by atoms with Crippen molar-refractivity contribution in [2.75, 3.05) is 7.11 Å². The van der Waals surface area contributed by atoms with E-state index in [1.165, 1.54) is 0 Å². The molecule has 0 saturated heterocycles. The molecule has 1 aromatic carbocycles. The lowest BCUT2D eigenvalue weighted by Crippen LogP contribution is -2.15. The Kier molecular flexibility index (Phi) is 4.78. The molecule has 17 heavy (non-hydrogen) atoms. The van der Waals surface area contributed by atoms with Crippen LogP contribution in [0.15, 0.2) is 12.1 Å². The van der Waals surface area contributed by atoms with E-state index in [4.69, 9.17) is 27.2 Å². The third-order valence-corrected chi connectivity index (χ3v) is 3.08. The van der Waals surface area contributed by atoms with Crippen LogP contribution < -0.4 is 10.5 Å². The van der Waals surface area contributed by atoms with Gasteiger partial charge in [-0.2, -0.15) is 0 Å². The maximum absolute atomic E-state index is 10.5. The number of carboxylic acid groups (broad SMARTS) is 1. The first-order valence-corrected chi connectivity index (χ1v) is 5.65. The normalized spacial score (nSPS) is 12.2. The molecule has 94 valence electrons. The number of rotatable bonds is 5. The number of halogens is 1. The molecule has 1 atom stereocenters. The van der Waals surface area contributed by atoms with Crippen LogP contribution >= 0.6 is 11.6 Å². The molecule has 5 heteroatoms. The molecule has 0 saturated carbocycles. The molecular weight excluding hydrogens is 242 g/mol. The molecule has 0 radical (unpaired) electrons. The number of ether oxygens (including phenoxy) is 1. The van der Waals surface area contributed by atoms with Crippen molar-refractivity contribution in [2.45, 2.75) is 25.8 Å². The van der Waals surface area contributed by atoms with Crippen LogP contribution in [0.5, 0.6) is 5.75 Å². The van der Waals surface area contributed by atoms with Crippen LogP contribution in [0.2, 0.25) is 5.02 Å². The zero-order valence-corrected chi connectivity index (χ0v) is 10.6. The highest BCUT2D eigenvalue weighted by atomic mass is 35.5. The second-order valence-corrected chi connectivity index (χ2v) is 4.23. The summed E-state index contributed by atoms with van der Waals surface area (Å²) in [6.45, 7) is 1.85. The lowest BCUT2D eigenvalue weighted by Gasteiger charge is -2.18. The Morgan fingerprint density at radius 2 is 2.24 bits per heavy atom. The van der Waals surface area contributed by atoms with Crippen molar-refractivity contribution in [3.63, 3.8) is 0 Å². The fourth-order valence-corrected chi connectivity index (χ4v) is 1.90. The Balaban J connectivity index is 3.01. The smallest absolute Gasteiger partial charge is 0.303 e. The molecule has 0 aromatic heterocycles. The molecule has 1 rings (SSSR count). The second-order valence-electron chi connectivity index (χ2n) is 3.83. The summed E-state index contributed by atoms with van der Waals surface area (Å²) >= 11 is 6.02. The van der Waals surface area contributed by atoms with Gasteiger partial charge in [0.25, 0.3) is 0 Å². The highest BCUT2D eigenvalue weighted by Gasteiger charge is 2.17. The van der Waals surface area contributed by atoms with E-state index < -0.39 is 5.97 Å². The van der Waals surface area contributed by atoms with Gasteiger partial charge in [-0.05, 0) is 31.0 Å². The molecule has 0 bridgehead atoms. The van der Waals surface area contributed by atoms with Crippen molar-refractivity contribution in [1.29, 1.82) is 0 Å². The van der Waals surface area contributed by atoms with Crippen LogP contribution in [-0.4, -0.2) is 18.2 Å². The highest BCUT2D eigenvalue weighted by Crippen LogP contribution is 2.33. The monoisotopic (exact) mass is 257 g/mol. The topological polar surface area (TPSA) is 72.5 Å². The minimum atomic E-state index is -0.862. The van der Waals surface area contributed by atoms with Crippen molar-refractivity contribution in [2.24, 2.45) is 5.73 Å². The van der Waals surface area contributed by atoms with Crippen molar-refractivity contribution in [3.05, 3.63) is 28.3 Å². The number of nitrogens with two attached hydrogens (primary N) is 1. The third-order valence-electron chi connectivity index (χ3n) is 2.67. The number of methoxy groups -OCH3 is 1. The maximum atomic E-state index is 10.5. The summed E-state index contributed by atoms with van der Waals surface area (Å²) in [5, 5.41) is 9.25. The van der Waals surface area contributed by atoms with E-state index in [9.17, 15) is 4.79 Å². The molecule has 4 nitrogen and oxygen atoms in total. The predicted octanol–water partition coefficient (Wildman–Crippen LogP) is 2.52. The number of hydrogen-bond donors (Lipinski definition) is 2. The first-order chi connectivity index (χ1) is 7.97. The lowest BCUT2D eigenvalue weighted by atomic mass is 9.97. The van der Waals surface area contributed by atoms with Crippen LogP contribution in [0.25, 0.3) is 0 Å². The standard InChI is InChI=1S/C12H16ClNO3/c1-7-8(13)3-5-10(17-2)12(7)9(14)4-6-11(15)16/h3,5,9H,4,6,14H2,1-2H3,(H,15,16). The summed E-state index contributed by atoms with van der Waals surface area (Å²) in [4.78, 5) is 10.5. The van der Waals surface area contributed by atoms with Crippen LogP contribution in [0.3, 0.4) is 0 Å². The quantitative estimate of drug-likeness (QED) is 0.850. The Labute approximate surface area is 105 Å². The van der Waals surface area contributed by atoms with Crippen molar-refractivity contribution in [3.8, 4) is 5.75 Å². The predicted molar refractivity (Wildman–Crippen MR) is 66.5 cm³/mol. The minimum Gasteiger partial charge on any atom is -0.496 e. The maximum Gasteiger partial charge on any atom is 0.303 e. The number of carboxylic acids is 1. The van der Waals surface area contributed by atoms with E-state index in [-0.39, 0.29) is 12.5 Å². The number of aliphatic carboxylic acids is 1. The minimum absolute atomic E-state index is 0.0241. The summed E-state index contributed by atoms with van der Waals surface area (Å²) in [5.41, 5.74) is 7.60. The molecule has 0 aliphatic rings. The average Bonchev–Trinajstić information content (AvgIpc) is 2.29. The van der Waals surface area contributed by atoms with Crippen molar-refractivity contribution < 1.29 is 14.6 Å². The van der Waals surface area contributed by atoms with E-state index in [2.05, 4.69) is 0 Å². The Bertz CT molecular complexity index is 420. The van der Waals surface area contributed by atoms with Gasteiger partial charge in [-0.25, -0.2) is 0 Å². The number of carbonyl (C=O) groups is 1. The molecular formula is C12H16ClNO3. The first-order valence-electron chi connectivity index (χ1n) is 5.27. The van der Waals surface area contributed by atoms with E-state index in [0.717, 1.165) is 11.1 Å². The van der Waals surface area contributed by atoms with E-state index in [1.807, 2.05) is 6.92 Å². The number of benzene rings is 1. The van der Waals surface area contributed by atoms with Gasteiger partial charge < -0.3 is 15.6 Å². The van der Waals surface area contributed by atoms with Crippen LogP contribution in [-0.2, 0) is 4.79 Å². The summed E-state index contributed by atoms with van der Waals surface area (Å²) in [5.74, 6) is -0.219. The van der Waals surface area contributed by atoms with Gasteiger partial charge in [0.1, 0.15) is 5.75 Å². The van der Waals surface area contributed by atoms with Gasteiger partial charge in [0.2, 0.25) is 0 Å². The lowest BCUT2D eigenvalue weighted by molar-refractivity contribution is -0.137. The molecule has 1 unspecified atom stereocenters. The number of hydrogen-bond acceptors (Lipinski definition) is 3. The van der Waals surface area contributed by atoms with Gasteiger partial charge in [0, 0.05) is 23.0 Å². The van der Waals surface area contributed by atoms with Gasteiger partial charge in [-0.15, -0.1) is 0 Å². The molecule has 0 fully saturated rings. The van der Waals surface area contributed by atoms with E-state index in [0.29, 0.717) is 17.2 Å². The Morgan fingerprint density at radius 3 is 2.76 bits per heavy atom. The summed E-state index contributed by atoms with van der Waals surface area (Å²) in [7, 11) is 1.55. The Hall–Kier alpha value is -1.26. The molecule has 0 heterocycles. The van der Waals surface area contributed by atoms with Gasteiger partial charge in [-0.3, -0.25) is 4.79 Å². The SMILES string of the molecule is COc1ccc(Cl)c(C)c1C(N)CCC(=O)O. The fraction of sp³-hybridized carbons (Fsp3) is 0.417. The van der Waals surface area contributed by atoms with Gasteiger partial charge in [0.05, 0.1) is 7.11 Å². The van der Waals surface area contributed by atoms with Crippen molar-refractivity contribution in [1.82, 2.24) is 0 Å². The molecule has 0 amide bonds. The van der Waals surface area contributed by atoms with E-state index >= 15 is 0 Å². The average molecular weight is 258 g/mol. The summed E-state index contributed by atoms with van der Waals surface area (Å²) in [6, 6.07) is 3.09. The van der Waals surface area contributed by atoms with Gasteiger partial charge >= 0.3 is 5.97 Å². The third kappa shape index (κ3) is 3.35. The zero-order valence-electron chi connectivity index (χ0n) is 9.87. The van der Waals surface area contributed by atoms with Gasteiger partial charge in [-0.1, -0.05) is 11.6 Å². The molecule has 0 aliphatic heterocycles. The molecule has 0 spiro atoms. The van der Waals surface area contributed by atoms with Gasteiger partial charge in [0.15, 0.2) is 0 Å². The van der Waals surface area contributed by atoms with Crippen LogP contribution in [0.4, 0.5) is 0 Å². The highest BCUT2D eigenvalue weighted by molar-refractivity contribution is 6.31. The molecule has 1 aromatic rings. The fourth-order valence-electron chi connectivity index (χ4n) is 1.74. The molecule has 3 N–H and O–H groups in total. The van der Waals surface area contributed by atoms with Crippen LogP contribution in [0.1, 0.15) is 30.0 Å². The zero-order chi connectivity index (χ0) is 13.0.